The maximum Gasteiger partial charge on any atom is 0.316 e. The normalized spacial score (nSPS) is 55.5. The summed E-state index contributed by atoms with van der Waals surface area (Å²) in [6, 6.07) is -8.42. The largest absolute Gasteiger partial charge is 0.462 e. The summed E-state index contributed by atoms with van der Waals surface area (Å²) in [5, 5.41) is 3.93. The number of hydrogen-bond acceptors (Lipinski definition) is 4. The van der Waals surface area contributed by atoms with Gasteiger partial charge in [-0.1, -0.05) is 29.7 Å². The van der Waals surface area contributed by atoms with E-state index in [4.69, 9.17) is 26.7 Å². The van der Waals surface area contributed by atoms with Crippen molar-refractivity contribution in [2.45, 2.75) is 56.5 Å². The van der Waals surface area contributed by atoms with Crippen LogP contribution < -0.4 is 0 Å². The molecule has 0 radical (unpaired) electrons. The van der Waals surface area contributed by atoms with Gasteiger partial charge in [0.1, 0.15) is 12.0 Å². The second kappa shape index (κ2) is 6.39. The van der Waals surface area contributed by atoms with E-state index in [-0.39, 0.29) is 5.56 Å². The Kier molecular flexibility index (Phi) is 1.54. The maximum absolute atomic E-state index is 13.5. The van der Waals surface area contributed by atoms with Crippen molar-refractivity contribution in [2.24, 2.45) is 0 Å². The van der Waals surface area contributed by atoms with Gasteiger partial charge in [-0.25, -0.2) is 0 Å². The molecule has 4 atom stereocenters. The topological polar surface area (TPSA) is 49.8 Å². The molecule has 2 aliphatic rings. The van der Waals surface area contributed by atoms with E-state index in [1.54, 1.807) is 0 Å². The van der Waals surface area contributed by atoms with Crippen molar-refractivity contribution in [1.82, 2.24) is 4.90 Å². The lowest BCUT2D eigenvalue weighted by molar-refractivity contribution is -0.155. The molecule has 0 amide bonds. The number of carbonyl (C=O) groups is 1. The smallest absolute Gasteiger partial charge is 0.316 e. The van der Waals surface area contributed by atoms with Crippen LogP contribution in [0.4, 0.5) is 0 Å². The summed E-state index contributed by atoms with van der Waals surface area (Å²) >= 11 is 0. The molecule has 0 aromatic heterocycles. The molecular weight excluding hydrogens is 278 g/mol. The highest BCUT2D eigenvalue weighted by atomic mass is 16.5. The SMILES string of the molecule is [2H]OC([2H])([2H])C([2H])(C(=O)O[C@]1([2H])C[C@@H]2N(C)C([2H])(C([2H])([2H])C2([2H])[2H])C1([2H])[2H])c1c([2H])c([2H])c([2H])c(C)c1[2H]. The minimum atomic E-state index is -3.74. The number of rotatable bonds is 5. The van der Waals surface area contributed by atoms with Crippen molar-refractivity contribution >= 4 is 5.97 Å². The Bertz CT molecular complexity index is 1160. The van der Waals surface area contributed by atoms with Gasteiger partial charge in [0, 0.05) is 23.0 Å². The number of nitrogens with zero attached hydrogens (tertiary/aromatic N) is 1. The minimum absolute atomic E-state index is 0.342. The Morgan fingerprint density at radius 2 is 2.64 bits per heavy atom. The Labute approximate surface area is 154 Å². The van der Waals surface area contributed by atoms with Crippen LogP contribution in [0, 0.1) is 6.92 Å². The summed E-state index contributed by atoms with van der Waals surface area (Å²) < 4.78 is 136. The molecule has 2 saturated heterocycles. The minimum Gasteiger partial charge on any atom is -0.462 e. The maximum atomic E-state index is 13.5. The molecule has 2 heterocycles. The van der Waals surface area contributed by atoms with Crippen LogP contribution >= 0.6 is 0 Å². The quantitative estimate of drug-likeness (QED) is 0.846. The van der Waals surface area contributed by atoms with E-state index >= 15 is 0 Å². The molecule has 1 N–H and O–H groups in total. The van der Waals surface area contributed by atoms with Gasteiger partial charge >= 0.3 is 5.97 Å². The van der Waals surface area contributed by atoms with Gasteiger partial charge in [0.15, 0.2) is 0 Å². The number of fused-ring (bicyclic) bond motifs is 2. The number of benzene rings is 1. The summed E-state index contributed by atoms with van der Waals surface area (Å²) in [6.07, 6.45) is -14.1. The predicted octanol–water partition coefficient (Wildman–Crippen LogP) is 2.24. The molecule has 0 saturated carbocycles. The van der Waals surface area contributed by atoms with Crippen molar-refractivity contribution < 1.29 is 35.2 Å². The molecular formula is C18H25NO3. The van der Waals surface area contributed by atoms with Crippen LogP contribution in [0.2, 0.25) is 0 Å². The molecule has 22 heavy (non-hydrogen) atoms. The second-order valence-electron chi connectivity index (χ2n) is 4.86. The average molecular weight is 319 g/mol. The summed E-state index contributed by atoms with van der Waals surface area (Å²) in [6.45, 7) is -2.62. The molecule has 4 nitrogen and oxygen atoms in total. The first-order valence-electron chi connectivity index (χ1n) is 14.5. The molecule has 0 aliphatic carbocycles. The zero-order chi connectivity index (χ0) is 29.8. The highest BCUT2D eigenvalue weighted by Crippen LogP contribution is 2.36. The van der Waals surface area contributed by atoms with E-state index < -0.39 is 91.8 Å². The van der Waals surface area contributed by atoms with Crippen LogP contribution in [-0.2, 0) is 9.53 Å². The van der Waals surface area contributed by atoms with Crippen LogP contribution in [0.15, 0.2) is 24.2 Å². The number of hydrogen-bond donors (Lipinski definition) is 1. The van der Waals surface area contributed by atoms with Gasteiger partial charge < -0.3 is 14.7 Å². The second-order valence-corrected chi connectivity index (χ2v) is 4.86. The van der Waals surface area contributed by atoms with Crippen molar-refractivity contribution in [3.05, 3.63) is 35.3 Å². The van der Waals surface area contributed by atoms with E-state index in [9.17, 15) is 4.79 Å². The monoisotopic (exact) mass is 319 g/mol. The summed E-state index contributed by atoms with van der Waals surface area (Å²) in [5.41, 5.74) is -1.50. The fraction of sp³-hybridized carbons (Fsp3) is 0.611. The number of esters is 1. The molecule has 1 aromatic carbocycles. The first kappa shape index (κ1) is 5.32. The summed E-state index contributed by atoms with van der Waals surface area (Å²) in [4.78, 5) is 14.3. The van der Waals surface area contributed by atoms with Gasteiger partial charge in [0.2, 0.25) is 1.43 Å². The van der Waals surface area contributed by atoms with E-state index in [1.807, 2.05) is 0 Å². The Morgan fingerprint density at radius 3 is 3.45 bits per heavy atom. The standard InChI is InChI=1S/C18H25NO3/c1-12-4-3-5-13(8-12)17(11-20)18(21)22-16-9-14-6-7-15(10-16)19(14)2/h3-5,8,14-17,20H,6-7,9-11H2,1-2H3/t14-,15?,16-,17?/m1/s1/i3D,4D,5D,6D2,7D2,8D,9D2,11D2,14D,16D,17D,20D/t14?,15-,16+,17?. The zero-order valence-corrected chi connectivity index (χ0v) is 12.0. The number of aliphatic hydroxyl groups is 1. The lowest BCUT2D eigenvalue weighted by Gasteiger charge is -2.36. The lowest BCUT2D eigenvalue weighted by Crippen LogP contribution is -2.43. The van der Waals surface area contributed by atoms with E-state index in [2.05, 4.69) is 5.11 Å². The van der Waals surface area contributed by atoms with Crippen LogP contribution in [0.25, 0.3) is 0 Å². The number of piperidine rings is 1. The third kappa shape index (κ3) is 3.03. The van der Waals surface area contributed by atoms with Gasteiger partial charge in [-0.15, -0.1) is 0 Å². The summed E-state index contributed by atoms with van der Waals surface area (Å²) in [7, 11) is 1.07. The van der Waals surface area contributed by atoms with Gasteiger partial charge in [-0.05, 0) is 45.1 Å². The molecule has 0 spiro atoms. The number of ether oxygens (including phenoxy) is 1. The van der Waals surface area contributed by atoms with Crippen LogP contribution in [0.1, 0.15) is 63.1 Å². The van der Waals surface area contributed by atoms with E-state index in [0.717, 1.165) is 18.9 Å². The molecule has 1 aromatic rings. The van der Waals surface area contributed by atoms with E-state index in [0.29, 0.717) is 0 Å². The van der Waals surface area contributed by atoms with Crippen molar-refractivity contribution in [3.63, 3.8) is 0 Å². The van der Waals surface area contributed by atoms with Crippen molar-refractivity contribution in [3.8, 4) is 0 Å². The Balaban J connectivity index is 2.26. The molecule has 4 heteroatoms. The average Bonchev–Trinajstić information content (AvgIpc) is 2.89. The van der Waals surface area contributed by atoms with Crippen LogP contribution in [0.3, 0.4) is 0 Å². The molecule has 2 bridgehead atoms. The highest BCUT2D eigenvalue weighted by Gasteiger charge is 2.40. The van der Waals surface area contributed by atoms with Gasteiger partial charge in [0.05, 0.1) is 16.2 Å². The molecule has 3 rings (SSSR count). The van der Waals surface area contributed by atoms with Gasteiger partial charge in [-0.2, -0.15) is 0 Å². The molecule has 2 fully saturated rings. The first-order valence-corrected chi connectivity index (χ1v) is 6.55. The van der Waals surface area contributed by atoms with Crippen LogP contribution in [0.5, 0.6) is 0 Å². The fourth-order valence-electron chi connectivity index (χ4n) is 2.15. The first-order chi connectivity index (χ1) is 16.9. The predicted molar refractivity (Wildman–Crippen MR) is 84.7 cm³/mol. The fourth-order valence-corrected chi connectivity index (χ4v) is 2.15. The third-order valence-electron chi connectivity index (χ3n) is 3.34. The lowest BCUT2D eigenvalue weighted by atomic mass is 9.97. The Morgan fingerprint density at radius 1 is 1.77 bits per heavy atom. The van der Waals surface area contributed by atoms with Crippen molar-refractivity contribution in [1.29, 1.82) is 1.43 Å². The van der Waals surface area contributed by atoms with Crippen molar-refractivity contribution in [2.75, 3.05) is 13.6 Å². The molecule has 120 valence electrons. The highest BCUT2D eigenvalue weighted by molar-refractivity contribution is 5.78. The zero-order valence-electron chi connectivity index (χ0n) is 28.0. The Hall–Kier alpha value is -1.39. The van der Waals surface area contributed by atoms with E-state index in [1.165, 1.54) is 0 Å². The van der Waals surface area contributed by atoms with Gasteiger partial charge in [-0.3, -0.25) is 4.79 Å². The third-order valence-corrected chi connectivity index (χ3v) is 3.34. The molecule has 2 aliphatic heterocycles. The van der Waals surface area contributed by atoms with Crippen LogP contribution in [-0.4, -0.2) is 49.2 Å². The van der Waals surface area contributed by atoms with Gasteiger partial charge in [0.25, 0.3) is 0 Å². The summed E-state index contributed by atoms with van der Waals surface area (Å²) in [5.74, 6) is -5.89. The number of carbonyl (C=O) groups excluding carboxylic acids is 1. The molecule has 2 unspecified atom stereocenters.